The van der Waals surface area contributed by atoms with Gasteiger partial charge in [0.2, 0.25) is 5.88 Å². The summed E-state index contributed by atoms with van der Waals surface area (Å²) in [5.74, 6) is -1.34. The zero-order valence-electron chi connectivity index (χ0n) is 15.3. The van der Waals surface area contributed by atoms with Crippen LogP contribution in [-0.2, 0) is 9.84 Å². The third-order valence-electron chi connectivity index (χ3n) is 4.56. The summed E-state index contributed by atoms with van der Waals surface area (Å²) in [6.45, 7) is 0. The van der Waals surface area contributed by atoms with Crippen LogP contribution in [0.4, 0.5) is 4.39 Å². The summed E-state index contributed by atoms with van der Waals surface area (Å²) in [5.41, 5.74) is -0.137. The number of aliphatic hydroxyl groups excluding tert-OH is 1. The molecule has 2 atom stereocenters. The van der Waals surface area contributed by atoms with Crippen molar-refractivity contribution in [2.24, 2.45) is 0 Å². The Labute approximate surface area is 162 Å². The van der Waals surface area contributed by atoms with Gasteiger partial charge in [0.15, 0.2) is 9.84 Å². The first kappa shape index (κ1) is 20.2. The molecule has 2 unspecified atom stereocenters. The normalized spacial score (nSPS) is 19.8. The maximum atomic E-state index is 13.7. The molecule has 0 spiro atoms. The number of hydrogen-bond donors (Lipinski definition) is 2. The molecule has 1 heterocycles. The van der Waals surface area contributed by atoms with Gasteiger partial charge >= 0.3 is 0 Å². The van der Waals surface area contributed by atoms with Gasteiger partial charge in [-0.3, -0.25) is 4.79 Å². The molecule has 1 saturated carbocycles. The van der Waals surface area contributed by atoms with Crippen molar-refractivity contribution in [3.05, 3.63) is 47.9 Å². The van der Waals surface area contributed by atoms with E-state index in [1.54, 1.807) is 0 Å². The van der Waals surface area contributed by atoms with Gasteiger partial charge in [-0.1, -0.05) is 18.9 Å². The molecule has 1 aromatic heterocycles. The molecule has 0 radical (unpaired) electrons. The van der Waals surface area contributed by atoms with Crippen LogP contribution in [0.1, 0.15) is 36.0 Å². The van der Waals surface area contributed by atoms with Crippen LogP contribution in [0.25, 0.3) is 0 Å². The fraction of sp³-hybridized carbons (Fsp3) is 0.368. The van der Waals surface area contributed by atoms with Gasteiger partial charge < -0.3 is 15.2 Å². The Morgan fingerprint density at radius 2 is 2.04 bits per heavy atom. The number of amides is 1. The number of pyridine rings is 1. The van der Waals surface area contributed by atoms with Crippen LogP contribution in [-0.4, -0.2) is 42.8 Å². The number of nitrogens with zero attached hydrogens (tertiary/aromatic N) is 1. The van der Waals surface area contributed by atoms with E-state index in [2.05, 4.69) is 10.3 Å². The molecule has 1 aromatic carbocycles. The summed E-state index contributed by atoms with van der Waals surface area (Å²) in [5, 5.41) is 12.7. The number of nitrogens with one attached hydrogen (secondary N) is 1. The van der Waals surface area contributed by atoms with Crippen LogP contribution in [0.2, 0.25) is 0 Å². The van der Waals surface area contributed by atoms with Crippen LogP contribution in [0, 0.1) is 5.82 Å². The highest BCUT2D eigenvalue weighted by Gasteiger charge is 2.26. The molecule has 2 N–H and O–H groups in total. The van der Waals surface area contributed by atoms with Crippen molar-refractivity contribution in [3.63, 3.8) is 0 Å². The van der Waals surface area contributed by atoms with Crippen molar-refractivity contribution in [1.82, 2.24) is 10.3 Å². The molecule has 0 aliphatic heterocycles. The van der Waals surface area contributed by atoms with Gasteiger partial charge in [-0.15, -0.1) is 0 Å². The summed E-state index contributed by atoms with van der Waals surface area (Å²) in [6, 6.07) is 6.28. The van der Waals surface area contributed by atoms with Gasteiger partial charge in [-0.05, 0) is 37.1 Å². The van der Waals surface area contributed by atoms with E-state index in [1.807, 2.05) is 0 Å². The largest absolute Gasteiger partial charge is 0.438 e. The number of benzene rings is 1. The van der Waals surface area contributed by atoms with Crippen molar-refractivity contribution in [1.29, 1.82) is 0 Å². The minimum atomic E-state index is -3.44. The molecule has 1 aliphatic rings. The highest BCUT2D eigenvalue weighted by molar-refractivity contribution is 7.90. The number of aliphatic hydroxyl groups is 1. The third-order valence-corrected chi connectivity index (χ3v) is 5.67. The number of carbonyl (C=O) groups is 1. The molecule has 0 bridgehead atoms. The molecular weight excluding hydrogens is 387 g/mol. The first-order chi connectivity index (χ1) is 13.2. The van der Waals surface area contributed by atoms with E-state index >= 15 is 0 Å². The Balaban J connectivity index is 1.86. The topological polar surface area (TPSA) is 106 Å². The third kappa shape index (κ3) is 4.85. The van der Waals surface area contributed by atoms with Crippen molar-refractivity contribution in [2.75, 3.05) is 6.26 Å². The quantitative estimate of drug-likeness (QED) is 0.787. The smallest absolute Gasteiger partial charge is 0.257 e. The molecule has 1 aliphatic carbocycles. The van der Waals surface area contributed by atoms with Crippen LogP contribution >= 0.6 is 0 Å². The number of carbonyl (C=O) groups excluding carboxylic acids is 1. The predicted octanol–water partition coefficient (Wildman–Crippen LogP) is 2.45. The minimum absolute atomic E-state index is 0.0449. The zero-order chi connectivity index (χ0) is 20.3. The van der Waals surface area contributed by atoms with E-state index in [9.17, 15) is 22.7 Å². The van der Waals surface area contributed by atoms with E-state index in [4.69, 9.17) is 4.74 Å². The van der Waals surface area contributed by atoms with Crippen LogP contribution < -0.4 is 10.1 Å². The van der Waals surface area contributed by atoms with Gasteiger partial charge in [-0.25, -0.2) is 17.8 Å². The lowest BCUT2D eigenvalue weighted by molar-refractivity contribution is 0.0715. The van der Waals surface area contributed by atoms with Gasteiger partial charge in [0, 0.05) is 6.26 Å². The first-order valence-electron chi connectivity index (χ1n) is 8.86. The fourth-order valence-electron chi connectivity index (χ4n) is 3.08. The van der Waals surface area contributed by atoms with Crippen molar-refractivity contribution < 1.29 is 27.4 Å². The average molecular weight is 408 g/mol. The number of halogens is 1. The molecule has 9 heteroatoms. The van der Waals surface area contributed by atoms with E-state index in [-0.39, 0.29) is 22.1 Å². The molecule has 150 valence electrons. The maximum Gasteiger partial charge on any atom is 0.257 e. The molecule has 28 heavy (non-hydrogen) atoms. The Hall–Kier alpha value is -2.52. The highest BCUT2D eigenvalue weighted by Crippen LogP contribution is 2.26. The standard InChI is InChI=1S/C19H21FN2O5S/c1-28(25,26)14-6-4-5-13(10-14)27-19-15(9-12(20)11-21-19)18(24)22-16-7-2-3-8-17(16)23/h4-6,9-11,16-17,23H,2-3,7-8H2,1H3,(H,22,24). The number of hydrogen-bond acceptors (Lipinski definition) is 6. The van der Waals surface area contributed by atoms with Crippen LogP contribution in [0.5, 0.6) is 11.6 Å². The van der Waals surface area contributed by atoms with Crippen LogP contribution in [0.3, 0.4) is 0 Å². The highest BCUT2D eigenvalue weighted by atomic mass is 32.2. The van der Waals surface area contributed by atoms with E-state index in [0.29, 0.717) is 12.8 Å². The second-order valence-electron chi connectivity index (χ2n) is 6.79. The predicted molar refractivity (Wildman–Crippen MR) is 99.5 cm³/mol. The monoisotopic (exact) mass is 408 g/mol. The minimum Gasteiger partial charge on any atom is -0.438 e. The number of rotatable bonds is 5. The summed E-state index contributed by atoms with van der Waals surface area (Å²) in [6.07, 6.45) is 4.30. The second-order valence-corrected chi connectivity index (χ2v) is 8.80. The molecule has 1 fully saturated rings. The Morgan fingerprint density at radius 1 is 1.29 bits per heavy atom. The Morgan fingerprint density at radius 3 is 2.75 bits per heavy atom. The molecule has 3 rings (SSSR count). The average Bonchev–Trinajstić information content (AvgIpc) is 2.64. The second kappa shape index (κ2) is 8.24. The molecule has 1 amide bonds. The van der Waals surface area contributed by atoms with Crippen LogP contribution in [0.15, 0.2) is 41.4 Å². The summed E-state index contributed by atoms with van der Waals surface area (Å²) < 4.78 is 42.7. The molecule has 0 saturated heterocycles. The number of sulfone groups is 1. The van der Waals surface area contributed by atoms with Gasteiger partial charge in [0.05, 0.1) is 23.2 Å². The maximum absolute atomic E-state index is 13.7. The lowest BCUT2D eigenvalue weighted by atomic mass is 9.92. The molecule has 7 nitrogen and oxygen atoms in total. The Bertz CT molecular complexity index is 980. The van der Waals surface area contributed by atoms with E-state index < -0.39 is 33.7 Å². The fourth-order valence-corrected chi connectivity index (χ4v) is 3.73. The van der Waals surface area contributed by atoms with Crippen molar-refractivity contribution >= 4 is 15.7 Å². The van der Waals surface area contributed by atoms with Gasteiger partial charge in [0.1, 0.15) is 17.1 Å². The van der Waals surface area contributed by atoms with Crippen molar-refractivity contribution in [3.8, 4) is 11.6 Å². The van der Waals surface area contributed by atoms with Crippen molar-refractivity contribution in [2.45, 2.75) is 42.7 Å². The SMILES string of the molecule is CS(=O)(=O)c1cccc(Oc2ncc(F)cc2C(=O)NC2CCCCC2O)c1. The first-order valence-corrected chi connectivity index (χ1v) is 10.8. The van der Waals surface area contributed by atoms with E-state index in [0.717, 1.165) is 31.4 Å². The lowest BCUT2D eigenvalue weighted by Crippen LogP contribution is -2.45. The van der Waals surface area contributed by atoms with Gasteiger partial charge in [-0.2, -0.15) is 0 Å². The number of aromatic nitrogens is 1. The molecule has 2 aromatic rings. The summed E-state index contributed by atoms with van der Waals surface area (Å²) in [7, 11) is -3.44. The lowest BCUT2D eigenvalue weighted by Gasteiger charge is -2.28. The summed E-state index contributed by atoms with van der Waals surface area (Å²) in [4.78, 5) is 16.5. The number of ether oxygens (including phenoxy) is 1. The zero-order valence-corrected chi connectivity index (χ0v) is 16.1. The summed E-state index contributed by atoms with van der Waals surface area (Å²) >= 11 is 0. The Kier molecular flexibility index (Phi) is 5.95. The van der Waals surface area contributed by atoms with Gasteiger partial charge in [0.25, 0.3) is 5.91 Å². The van der Waals surface area contributed by atoms with E-state index in [1.165, 1.54) is 24.3 Å². The molecular formula is C19H21FN2O5S.